The zero-order valence-corrected chi connectivity index (χ0v) is 10.6. The predicted octanol–water partition coefficient (Wildman–Crippen LogP) is 1.66. The minimum atomic E-state index is 0.700. The van der Waals surface area contributed by atoms with Gasteiger partial charge in [0.15, 0.2) is 5.82 Å². The van der Waals surface area contributed by atoms with Crippen molar-refractivity contribution in [2.45, 2.75) is 37.4 Å². The highest BCUT2D eigenvalue weighted by Gasteiger charge is 2.19. The molecule has 0 radical (unpaired) electrons. The van der Waals surface area contributed by atoms with Gasteiger partial charge in [0.1, 0.15) is 0 Å². The monoisotopic (exact) mass is 241 g/mol. The lowest BCUT2D eigenvalue weighted by Gasteiger charge is -2.02. The van der Waals surface area contributed by atoms with Crippen LogP contribution >= 0.6 is 11.8 Å². The molecule has 90 valence electrons. The van der Waals surface area contributed by atoms with E-state index in [1.54, 1.807) is 0 Å². The zero-order chi connectivity index (χ0) is 11.2. The average Bonchev–Trinajstić information content (AvgIpc) is 2.91. The van der Waals surface area contributed by atoms with Crippen molar-refractivity contribution < 1.29 is 4.52 Å². The number of nitrogens with zero attached hydrogens (tertiary/aromatic N) is 2. The number of nitrogens with one attached hydrogen (secondary N) is 1. The molecule has 0 bridgehead atoms. The van der Waals surface area contributed by atoms with Crippen LogP contribution in [-0.2, 0) is 12.8 Å². The first-order chi connectivity index (χ1) is 7.88. The van der Waals surface area contributed by atoms with Crippen LogP contribution in [0.5, 0.6) is 0 Å². The number of aryl methyl sites for hydroxylation is 1. The van der Waals surface area contributed by atoms with Crippen molar-refractivity contribution in [3.8, 4) is 0 Å². The fourth-order valence-electron chi connectivity index (χ4n) is 1.90. The molecule has 2 rings (SSSR count). The van der Waals surface area contributed by atoms with Crippen molar-refractivity contribution in [3.05, 3.63) is 11.7 Å². The highest BCUT2D eigenvalue weighted by atomic mass is 32.2. The van der Waals surface area contributed by atoms with E-state index in [0.717, 1.165) is 37.5 Å². The Morgan fingerprint density at radius 3 is 3.25 bits per heavy atom. The Morgan fingerprint density at radius 1 is 1.56 bits per heavy atom. The molecule has 2 heterocycles. The van der Waals surface area contributed by atoms with Gasteiger partial charge in [0.05, 0.1) is 0 Å². The van der Waals surface area contributed by atoms with E-state index in [1.807, 2.05) is 18.8 Å². The summed E-state index contributed by atoms with van der Waals surface area (Å²) in [6.07, 6.45) is 5.54. The van der Waals surface area contributed by atoms with E-state index in [0.29, 0.717) is 5.25 Å². The Morgan fingerprint density at radius 2 is 2.50 bits per heavy atom. The topological polar surface area (TPSA) is 51.0 Å². The van der Waals surface area contributed by atoms with E-state index in [-0.39, 0.29) is 0 Å². The number of hydrogen-bond donors (Lipinski definition) is 1. The van der Waals surface area contributed by atoms with E-state index >= 15 is 0 Å². The SMILES string of the molecule is CNCCCc1noc(CC2CCCS2)n1. The van der Waals surface area contributed by atoms with E-state index in [1.165, 1.54) is 18.6 Å². The zero-order valence-electron chi connectivity index (χ0n) is 9.74. The minimum absolute atomic E-state index is 0.700. The highest BCUT2D eigenvalue weighted by molar-refractivity contribution is 8.00. The Kier molecular flexibility index (Phi) is 4.66. The molecule has 5 heteroatoms. The number of thioether (sulfide) groups is 1. The molecule has 4 nitrogen and oxygen atoms in total. The first-order valence-corrected chi connectivity index (χ1v) is 7.01. The standard InChI is InChI=1S/C11H19N3OS/c1-12-6-2-5-10-13-11(15-14-10)8-9-4-3-7-16-9/h9,12H,2-8H2,1H3. The van der Waals surface area contributed by atoms with Gasteiger partial charge < -0.3 is 9.84 Å². The second-order valence-corrected chi connectivity index (χ2v) is 5.56. The minimum Gasteiger partial charge on any atom is -0.339 e. The molecule has 0 aromatic carbocycles. The Balaban J connectivity index is 1.77. The maximum absolute atomic E-state index is 5.26. The summed E-state index contributed by atoms with van der Waals surface area (Å²) in [6.45, 7) is 1.00. The van der Waals surface area contributed by atoms with Crippen LogP contribution in [-0.4, -0.2) is 34.7 Å². The maximum atomic E-state index is 5.26. The van der Waals surface area contributed by atoms with Crippen molar-refractivity contribution in [2.75, 3.05) is 19.3 Å². The Labute approximate surface area is 101 Å². The molecule has 1 atom stereocenters. The molecule has 0 amide bonds. The van der Waals surface area contributed by atoms with Gasteiger partial charge in [-0.3, -0.25) is 0 Å². The summed E-state index contributed by atoms with van der Waals surface area (Å²) in [6, 6.07) is 0. The molecule has 1 fully saturated rings. The van der Waals surface area contributed by atoms with Crippen molar-refractivity contribution >= 4 is 11.8 Å². The summed E-state index contributed by atoms with van der Waals surface area (Å²) in [4.78, 5) is 4.43. The molecular weight excluding hydrogens is 222 g/mol. The Hall–Kier alpha value is -0.550. The van der Waals surface area contributed by atoms with Crippen LogP contribution < -0.4 is 5.32 Å². The summed E-state index contributed by atoms with van der Waals surface area (Å²) < 4.78 is 5.26. The molecule has 1 aliphatic heterocycles. The molecule has 1 N–H and O–H groups in total. The molecule has 1 aliphatic rings. The highest BCUT2D eigenvalue weighted by Crippen LogP contribution is 2.28. The van der Waals surface area contributed by atoms with Gasteiger partial charge in [-0.25, -0.2) is 0 Å². The lowest BCUT2D eigenvalue weighted by atomic mass is 10.2. The second-order valence-electron chi connectivity index (χ2n) is 4.15. The van der Waals surface area contributed by atoms with Crippen molar-refractivity contribution in [3.63, 3.8) is 0 Å². The first kappa shape index (κ1) is 11.9. The van der Waals surface area contributed by atoms with Crippen molar-refractivity contribution in [1.29, 1.82) is 0 Å². The molecular formula is C11H19N3OS. The van der Waals surface area contributed by atoms with E-state index in [9.17, 15) is 0 Å². The Bertz CT molecular complexity index is 310. The first-order valence-electron chi connectivity index (χ1n) is 5.96. The van der Waals surface area contributed by atoms with Crippen molar-refractivity contribution in [2.24, 2.45) is 0 Å². The van der Waals surface area contributed by atoms with E-state index < -0.39 is 0 Å². The van der Waals surface area contributed by atoms with Gasteiger partial charge >= 0.3 is 0 Å². The largest absolute Gasteiger partial charge is 0.339 e. The summed E-state index contributed by atoms with van der Waals surface area (Å²) in [5.74, 6) is 2.96. The summed E-state index contributed by atoms with van der Waals surface area (Å²) in [5.41, 5.74) is 0. The van der Waals surface area contributed by atoms with Gasteiger partial charge in [-0.05, 0) is 38.6 Å². The fourth-order valence-corrected chi connectivity index (χ4v) is 3.16. The van der Waals surface area contributed by atoms with Crippen LogP contribution in [0.1, 0.15) is 31.0 Å². The third-order valence-electron chi connectivity index (χ3n) is 2.76. The van der Waals surface area contributed by atoms with E-state index in [4.69, 9.17) is 4.52 Å². The fraction of sp³-hybridized carbons (Fsp3) is 0.818. The summed E-state index contributed by atoms with van der Waals surface area (Å²) in [5, 5.41) is 7.82. The lowest BCUT2D eigenvalue weighted by molar-refractivity contribution is 0.371. The quantitative estimate of drug-likeness (QED) is 0.768. The molecule has 1 aromatic heterocycles. The van der Waals surface area contributed by atoms with Gasteiger partial charge in [0.25, 0.3) is 0 Å². The van der Waals surface area contributed by atoms with E-state index in [2.05, 4.69) is 15.5 Å². The smallest absolute Gasteiger partial charge is 0.227 e. The molecule has 0 saturated carbocycles. The van der Waals surface area contributed by atoms with Crippen LogP contribution in [0, 0.1) is 0 Å². The van der Waals surface area contributed by atoms with Crippen molar-refractivity contribution in [1.82, 2.24) is 15.5 Å². The third kappa shape index (κ3) is 3.49. The van der Waals surface area contributed by atoms with Crippen LogP contribution in [0.2, 0.25) is 0 Å². The maximum Gasteiger partial charge on any atom is 0.227 e. The predicted molar refractivity (Wildman–Crippen MR) is 65.7 cm³/mol. The second kappa shape index (κ2) is 6.25. The normalized spacial score (nSPS) is 20.4. The average molecular weight is 241 g/mol. The molecule has 0 aliphatic carbocycles. The van der Waals surface area contributed by atoms with Crippen LogP contribution in [0.25, 0.3) is 0 Å². The third-order valence-corrected chi connectivity index (χ3v) is 4.16. The van der Waals surface area contributed by atoms with Gasteiger partial charge in [-0.2, -0.15) is 16.7 Å². The molecule has 1 unspecified atom stereocenters. The molecule has 16 heavy (non-hydrogen) atoms. The summed E-state index contributed by atoms with van der Waals surface area (Å²) >= 11 is 2.03. The lowest BCUT2D eigenvalue weighted by Crippen LogP contribution is -2.08. The number of rotatable bonds is 6. The summed E-state index contributed by atoms with van der Waals surface area (Å²) in [7, 11) is 1.96. The molecule has 0 spiro atoms. The molecule has 1 aromatic rings. The van der Waals surface area contributed by atoms with Crippen LogP contribution in [0.15, 0.2) is 4.52 Å². The van der Waals surface area contributed by atoms with Gasteiger partial charge in [-0.15, -0.1) is 0 Å². The van der Waals surface area contributed by atoms with Gasteiger partial charge in [-0.1, -0.05) is 5.16 Å². The van der Waals surface area contributed by atoms with Gasteiger partial charge in [0.2, 0.25) is 5.89 Å². The van der Waals surface area contributed by atoms with Crippen LogP contribution in [0.3, 0.4) is 0 Å². The number of aromatic nitrogens is 2. The van der Waals surface area contributed by atoms with Gasteiger partial charge in [0, 0.05) is 18.1 Å². The molecule has 1 saturated heterocycles. The number of hydrogen-bond acceptors (Lipinski definition) is 5. The van der Waals surface area contributed by atoms with Crippen LogP contribution in [0.4, 0.5) is 0 Å².